The fourth-order valence-corrected chi connectivity index (χ4v) is 2.91. The van der Waals surface area contributed by atoms with E-state index >= 15 is 0 Å². The highest BCUT2D eigenvalue weighted by Gasteiger charge is 2.50. The lowest BCUT2D eigenvalue weighted by Crippen LogP contribution is -2.28. The fourth-order valence-electron chi connectivity index (χ4n) is 2.91. The van der Waals surface area contributed by atoms with Crippen LogP contribution in [0, 0.1) is 5.41 Å². The van der Waals surface area contributed by atoms with Crippen LogP contribution >= 0.6 is 0 Å². The topological polar surface area (TPSA) is 38.7 Å². The Morgan fingerprint density at radius 1 is 1.60 bits per heavy atom. The van der Waals surface area contributed by atoms with Gasteiger partial charge >= 0.3 is 0 Å². The molecule has 0 unspecified atom stereocenters. The maximum Gasteiger partial charge on any atom is 0.0819 e. The fraction of sp³-hybridized carbons (Fsp3) is 0.833. The Kier molecular flexibility index (Phi) is 3.44. The van der Waals surface area contributed by atoms with E-state index in [-0.39, 0.29) is 24.2 Å². The van der Waals surface area contributed by atoms with Crippen LogP contribution in [-0.4, -0.2) is 37.1 Å². The predicted octanol–water partition coefficient (Wildman–Crippen LogP) is 1.51. The third kappa shape index (κ3) is 2.10. The third-order valence-electron chi connectivity index (χ3n) is 3.67. The van der Waals surface area contributed by atoms with Gasteiger partial charge in [0, 0.05) is 5.41 Å². The first-order valence-electron chi connectivity index (χ1n) is 5.76. The van der Waals surface area contributed by atoms with E-state index in [1.54, 1.807) is 6.08 Å². The van der Waals surface area contributed by atoms with Crippen LogP contribution in [0.2, 0.25) is 0 Å². The minimum Gasteiger partial charge on any atom is -0.396 e. The second-order valence-electron chi connectivity index (χ2n) is 4.69. The zero-order valence-electron chi connectivity index (χ0n) is 9.15. The Balaban J connectivity index is 1.85. The summed E-state index contributed by atoms with van der Waals surface area (Å²) in [6.07, 6.45) is 6.51. The molecule has 0 radical (unpaired) electrons. The molecule has 86 valence electrons. The van der Waals surface area contributed by atoms with Gasteiger partial charge in [-0.3, -0.25) is 0 Å². The van der Waals surface area contributed by atoms with E-state index in [2.05, 4.69) is 6.58 Å². The summed E-state index contributed by atoms with van der Waals surface area (Å²) >= 11 is 0. The molecule has 3 heteroatoms. The molecule has 2 rings (SSSR count). The van der Waals surface area contributed by atoms with Gasteiger partial charge in [-0.2, -0.15) is 0 Å². The van der Waals surface area contributed by atoms with Gasteiger partial charge in [-0.15, -0.1) is 6.58 Å². The van der Waals surface area contributed by atoms with Gasteiger partial charge in [0.2, 0.25) is 0 Å². The summed E-state index contributed by atoms with van der Waals surface area (Å²) in [4.78, 5) is 0. The second-order valence-corrected chi connectivity index (χ2v) is 4.69. The first kappa shape index (κ1) is 11.1. The van der Waals surface area contributed by atoms with E-state index in [1.165, 1.54) is 6.42 Å². The van der Waals surface area contributed by atoms with Crippen molar-refractivity contribution in [2.24, 2.45) is 5.41 Å². The highest BCUT2D eigenvalue weighted by atomic mass is 16.5. The maximum atomic E-state index is 9.48. The minimum atomic E-state index is 0.0439. The molecule has 3 nitrogen and oxygen atoms in total. The molecule has 15 heavy (non-hydrogen) atoms. The normalized spacial score (nSPS) is 39.3. The van der Waals surface area contributed by atoms with Crippen molar-refractivity contribution in [1.29, 1.82) is 0 Å². The van der Waals surface area contributed by atoms with Crippen molar-refractivity contribution in [3.63, 3.8) is 0 Å². The molecule has 2 aliphatic rings. The first-order chi connectivity index (χ1) is 7.30. The SMILES string of the molecule is C=CCOC[C@@H]1C[C@]2(CO)CCC[C@@H]2O1. The van der Waals surface area contributed by atoms with Crippen LogP contribution in [0.4, 0.5) is 0 Å². The molecule has 0 aromatic rings. The molecule has 1 aliphatic carbocycles. The highest BCUT2D eigenvalue weighted by Crippen LogP contribution is 2.49. The van der Waals surface area contributed by atoms with E-state index in [4.69, 9.17) is 9.47 Å². The third-order valence-corrected chi connectivity index (χ3v) is 3.67. The molecule has 0 spiro atoms. The molecular weight excluding hydrogens is 192 g/mol. The molecule has 2 fully saturated rings. The maximum absolute atomic E-state index is 9.48. The molecule has 1 aliphatic heterocycles. The molecule has 1 heterocycles. The van der Waals surface area contributed by atoms with Crippen molar-refractivity contribution in [2.45, 2.75) is 37.9 Å². The Morgan fingerprint density at radius 3 is 3.13 bits per heavy atom. The predicted molar refractivity (Wildman–Crippen MR) is 57.7 cm³/mol. The lowest BCUT2D eigenvalue weighted by molar-refractivity contribution is -0.0223. The van der Waals surface area contributed by atoms with Gasteiger partial charge in [0.25, 0.3) is 0 Å². The van der Waals surface area contributed by atoms with Crippen LogP contribution in [0.3, 0.4) is 0 Å². The molecule has 0 bridgehead atoms. The van der Waals surface area contributed by atoms with Gasteiger partial charge in [-0.05, 0) is 19.3 Å². The average Bonchev–Trinajstić information content (AvgIpc) is 2.74. The van der Waals surface area contributed by atoms with Gasteiger partial charge in [-0.1, -0.05) is 12.5 Å². The molecule has 1 saturated carbocycles. The van der Waals surface area contributed by atoms with Gasteiger partial charge in [0.05, 0.1) is 32.0 Å². The number of ether oxygens (including phenoxy) is 2. The summed E-state index contributed by atoms with van der Waals surface area (Å²) in [6, 6.07) is 0. The van der Waals surface area contributed by atoms with Gasteiger partial charge in [0.1, 0.15) is 0 Å². The van der Waals surface area contributed by atoms with Crippen molar-refractivity contribution in [3.05, 3.63) is 12.7 Å². The summed E-state index contributed by atoms with van der Waals surface area (Å²) < 4.78 is 11.3. The summed E-state index contributed by atoms with van der Waals surface area (Å²) in [5.74, 6) is 0. The second kappa shape index (κ2) is 4.64. The van der Waals surface area contributed by atoms with Crippen LogP contribution in [0.25, 0.3) is 0 Å². The number of hydrogen-bond acceptors (Lipinski definition) is 3. The molecule has 0 amide bonds. The lowest BCUT2D eigenvalue weighted by Gasteiger charge is -2.24. The number of aliphatic hydroxyl groups excluding tert-OH is 1. The minimum absolute atomic E-state index is 0.0439. The Bertz CT molecular complexity index is 229. The van der Waals surface area contributed by atoms with Crippen molar-refractivity contribution in [1.82, 2.24) is 0 Å². The Hall–Kier alpha value is -0.380. The molecular formula is C12H20O3. The monoisotopic (exact) mass is 212 g/mol. The van der Waals surface area contributed by atoms with E-state index in [0.717, 1.165) is 19.3 Å². The van der Waals surface area contributed by atoms with Crippen molar-refractivity contribution in [2.75, 3.05) is 19.8 Å². The largest absolute Gasteiger partial charge is 0.396 e. The van der Waals surface area contributed by atoms with Crippen LogP contribution in [0.5, 0.6) is 0 Å². The zero-order valence-corrected chi connectivity index (χ0v) is 9.15. The molecule has 1 N–H and O–H groups in total. The lowest BCUT2D eigenvalue weighted by atomic mass is 9.82. The molecule has 3 atom stereocenters. The van der Waals surface area contributed by atoms with E-state index in [9.17, 15) is 5.11 Å². The molecule has 1 saturated heterocycles. The number of aliphatic hydroxyl groups is 1. The van der Waals surface area contributed by atoms with Gasteiger partial charge < -0.3 is 14.6 Å². The summed E-state index contributed by atoms with van der Waals surface area (Å²) in [6.45, 7) is 5.07. The van der Waals surface area contributed by atoms with Crippen molar-refractivity contribution in [3.8, 4) is 0 Å². The van der Waals surface area contributed by atoms with E-state index in [0.29, 0.717) is 13.2 Å². The number of rotatable bonds is 5. The smallest absolute Gasteiger partial charge is 0.0819 e. The quantitative estimate of drug-likeness (QED) is 0.554. The Morgan fingerprint density at radius 2 is 2.47 bits per heavy atom. The van der Waals surface area contributed by atoms with Crippen molar-refractivity contribution < 1.29 is 14.6 Å². The van der Waals surface area contributed by atoms with Crippen LogP contribution in [0.1, 0.15) is 25.7 Å². The number of hydrogen-bond donors (Lipinski definition) is 1. The van der Waals surface area contributed by atoms with Crippen LogP contribution in [-0.2, 0) is 9.47 Å². The molecule has 0 aromatic heterocycles. The average molecular weight is 212 g/mol. The summed E-state index contributed by atoms with van der Waals surface area (Å²) in [5, 5.41) is 9.48. The van der Waals surface area contributed by atoms with Gasteiger partial charge in [0.15, 0.2) is 0 Å². The first-order valence-corrected chi connectivity index (χ1v) is 5.76. The Labute approximate surface area is 91.1 Å². The van der Waals surface area contributed by atoms with Crippen molar-refractivity contribution >= 4 is 0 Å². The van der Waals surface area contributed by atoms with Crippen LogP contribution in [0.15, 0.2) is 12.7 Å². The summed E-state index contributed by atoms with van der Waals surface area (Å²) in [5.41, 5.74) is 0.0439. The highest BCUT2D eigenvalue weighted by molar-refractivity contribution is 4.99. The summed E-state index contributed by atoms with van der Waals surface area (Å²) in [7, 11) is 0. The van der Waals surface area contributed by atoms with Gasteiger partial charge in [-0.25, -0.2) is 0 Å². The molecule has 0 aromatic carbocycles. The van der Waals surface area contributed by atoms with E-state index in [1.807, 2.05) is 0 Å². The number of fused-ring (bicyclic) bond motifs is 1. The van der Waals surface area contributed by atoms with Crippen LogP contribution < -0.4 is 0 Å². The van der Waals surface area contributed by atoms with E-state index < -0.39 is 0 Å². The zero-order chi connectivity index (χ0) is 10.7. The standard InChI is InChI=1S/C12H20O3/c1-2-6-14-8-10-7-12(9-13)5-3-4-11(12)15-10/h2,10-11,13H,1,3-9H2/t10-,11-,12-/m0/s1.